The number of aromatic hydroxyl groups is 1. The van der Waals surface area contributed by atoms with Crippen LogP contribution in [-0.2, 0) is 0 Å². The molecule has 0 amide bonds. The number of nitrogens with one attached hydrogen (secondary N) is 1. The molecule has 0 aliphatic carbocycles. The number of rotatable bonds is 3. The summed E-state index contributed by atoms with van der Waals surface area (Å²) < 4.78 is 0. The van der Waals surface area contributed by atoms with Gasteiger partial charge in [0.2, 0.25) is 0 Å². The summed E-state index contributed by atoms with van der Waals surface area (Å²) in [5.74, 6) is -0.443. The van der Waals surface area contributed by atoms with E-state index in [-0.39, 0.29) is 11.3 Å². The number of aromatic carboxylic acids is 1. The minimum absolute atomic E-state index is 0.0943. The number of benzene rings is 1. The fourth-order valence-electron chi connectivity index (χ4n) is 1.37. The van der Waals surface area contributed by atoms with Gasteiger partial charge in [-0.2, -0.15) is 0 Å². The van der Waals surface area contributed by atoms with E-state index in [4.69, 9.17) is 5.11 Å². The standard InChI is InChI=1S/C12H10N2O3/c15-10-4-5-13-11(7-10)14-9-3-1-2-8(6-9)12(16)17/h1-7H,(H,16,17)(H2,13,14,15). The lowest BCUT2D eigenvalue weighted by molar-refractivity contribution is 0.0697. The molecular weight excluding hydrogens is 220 g/mol. The van der Waals surface area contributed by atoms with Crippen LogP contribution in [0.5, 0.6) is 5.75 Å². The molecule has 0 aliphatic rings. The number of carbonyl (C=O) groups is 1. The van der Waals surface area contributed by atoms with Gasteiger partial charge in [0, 0.05) is 18.0 Å². The van der Waals surface area contributed by atoms with Gasteiger partial charge >= 0.3 is 5.97 Å². The van der Waals surface area contributed by atoms with Crippen molar-refractivity contribution in [1.82, 2.24) is 4.98 Å². The van der Waals surface area contributed by atoms with Crippen molar-refractivity contribution in [2.24, 2.45) is 0 Å². The highest BCUT2D eigenvalue weighted by Gasteiger charge is 2.03. The van der Waals surface area contributed by atoms with Crippen LogP contribution in [-0.4, -0.2) is 21.2 Å². The van der Waals surface area contributed by atoms with Crippen molar-refractivity contribution in [1.29, 1.82) is 0 Å². The molecule has 5 nitrogen and oxygen atoms in total. The lowest BCUT2D eigenvalue weighted by Crippen LogP contribution is -1.98. The Morgan fingerprint density at radius 1 is 1.24 bits per heavy atom. The van der Waals surface area contributed by atoms with E-state index in [2.05, 4.69) is 10.3 Å². The van der Waals surface area contributed by atoms with E-state index in [1.165, 1.54) is 30.5 Å². The molecule has 2 aromatic rings. The summed E-state index contributed by atoms with van der Waals surface area (Å²) in [5.41, 5.74) is 0.790. The van der Waals surface area contributed by atoms with Gasteiger partial charge in [0.25, 0.3) is 0 Å². The van der Waals surface area contributed by atoms with Gasteiger partial charge in [-0.25, -0.2) is 9.78 Å². The highest BCUT2D eigenvalue weighted by molar-refractivity contribution is 5.89. The highest BCUT2D eigenvalue weighted by atomic mass is 16.4. The first-order chi connectivity index (χ1) is 8.15. The van der Waals surface area contributed by atoms with Crippen molar-refractivity contribution in [2.75, 3.05) is 5.32 Å². The molecule has 5 heteroatoms. The molecule has 0 radical (unpaired) electrons. The van der Waals surface area contributed by atoms with Crippen LogP contribution in [0.4, 0.5) is 11.5 Å². The zero-order valence-corrected chi connectivity index (χ0v) is 8.79. The second-order valence-corrected chi connectivity index (χ2v) is 3.41. The van der Waals surface area contributed by atoms with E-state index in [1.54, 1.807) is 12.1 Å². The summed E-state index contributed by atoms with van der Waals surface area (Å²) in [4.78, 5) is 14.8. The molecule has 0 spiro atoms. The van der Waals surface area contributed by atoms with Gasteiger partial charge in [-0.3, -0.25) is 0 Å². The molecule has 0 saturated carbocycles. The minimum atomic E-state index is -0.988. The Morgan fingerprint density at radius 2 is 2.06 bits per heavy atom. The molecule has 1 aromatic heterocycles. The van der Waals surface area contributed by atoms with Gasteiger partial charge in [-0.1, -0.05) is 6.07 Å². The van der Waals surface area contributed by atoms with Crippen molar-refractivity contribution in [2.45, 2.75) is 0 Å². The number of aromatic nitrogens is 1. The van der Waals surface area contributed by atoms with Crippen molar-refractivity contribution in [3.05, 3.63) is 48.2 Å². The number of hydrogen-bond acceptors (Lipinski definition) is 4. The topological polar surface area (TPSA) is 82.5 Å². The third-order valence-electron chi connectivity index (χ3n) is 2.13. The summed E-state index contributed by atoms with van der Waals surface area (Å²) in [6, 6.07) is 9.26. The maximum Gasteiger partial charge on any atom is 0.335 e. The Hall–Kier alpha value is -2.56. The Labute approximate surface area is 97.4 Å². The summed E-state index contributed by atoms with van der Waals surface area (Å²) in [6.07, 6.45) is 1.46. The van der Waals surface area contributed by atoms with E-state index in [1.807, 2.05) is 0 Å². The lowest BCUT2D eigenvalue weighted by atomic mass is 10.2. The number of hydrogen-bond donors (Lipinski definition) is 3. The summed E-state index contributed by atoms with van der Waals surface area (Å²) in [7, 11) is 0. The molecule has 2 rings (SSSR count). The Balaban J connectivity index is 2.24. The van der Waals surface area contributed by atoms with Crippen LogP contribution < -0.4 is 5.32 Å². The molecule has 3 N–H and O–H groups in total. The van der Waals surface area contributed by atoms with Gasteiger partial charge < -0.3 is 15.5 Å². The first kappa shape index (κ1) is 10.9. The maximum atomic E-state index is 10.8. The second kappa shape index (κ2) is 4.52. The smallest absolute Gasteiger partial charge is 0.335 e. The summed E-state index contributed by atoms with van der Waals surface area (Å²) in [5, 5.41) is 21.0. The predicted molar refractivity (Wildman–Crippen MR) is 62.6 cm³/mol. The molecule has 0 unspecified atom stereocenters. The van der Waals surface area contributed by atoms with Crippen LogP contribution in [0.15, 0.2) is 42.6 Å². The summed E-state index contributed by atoms with van der Waals surface area (Å²) in [6.45, 7) is 0. The zero-order chi connectivity index (χ0) is 12.3. The third kappa shape index (κ3) is 2.72. The van der Waals surface area contributed by atoms with E-state index >= 15 is 0 Å². The van der Waals surface area contributed by atoms with Crippen LogP contribution in [0, 0.1) is 0 Å². The van der Waals surface area contributed by atoms with E-state index in [0.29, 0.717) is 11.5 Å². The van der Waals surface area contributed by atoms with Crippen LogP contribution in [0.1, 0.15) is 10.4 Å². The third-order valence-corrected chi connectivity index (χ3v) is 2.13. The molecule has 86 valence electrons. The van der Waals surface area contributed by atoms with E-state index in [9.17, 15) is 9.90 Å². The van der Waals surface area contributed by atoms with Crippen LogP contribution in [0.2, 0.25) is 0 Å². The van der Waals surface area contributed by atoms with Gasteiger partial charge in [0.15, 0.2) is 0 Å². The Morgan fingerprint density at radius 3 is 2.76 bits per heavy atom. The first-order valence-electron chi connectivity index (χ1n) is 4.90. The molecule has 17 heavy (non-hydrogen) atoms. The first-order valence-corrected chi connectivity index (χ1v) is 4.90. The quantitative estimate of drug-likeness (QED) is 0.753. The number of nitrogens with zero attached hydrogens (tertiary/aromatic N) is 1. The molecule has 1 heterocycles. The Bertz CT molecular complexity index is 555. The number of anilines is 2. The number of carboxylic acid groups (broad SMARTS) is 1. The van der Waals surface area contributed by atoms with Crippen LogP contribution >= 0.6 is 0 Å². The normalized spacial score (nSPS) is 9.88. The highest BCUT2D eigenvalue weighted by Crippen LogP contribution is 2.18. The molecular formula is C12H10N2O3. The monoisotopic (exact) mass is 230 g/mol. The van der Waals surface area contributed by atoms with Gasteiger partial charge in [0.05, 0.1) is 5.56 Å². The van der Waals surface area contributed by atoms with Crippen molar-refractivity contribution >= 4 is 17.5 Å². The summed E-state index contributed by atoms with van der Waals surface area (Å²) >= 11 is 0. The number of carboxylic acids is 1. The van der Waals surface area contributed by atoms with Gasteiger partial charge in [-0.15, -0.1) is 0 Å². The van der Waals surface area contributed by atoms with E-state index in [0.717, 1.165) is 0 Å². The molecule has 0 saturated heterocycles. The SMILES string of the molecule is O=C(O)c1cccc(Nc2cc(O)ccn2)c1. The Kier molecular flexibility index (Phi) is 2.91. The molecule has 0 fully saturated rings. The van der Waals surface area contributed by atoms with Gasteiger partial charge in [0.1, 0.15) is 11.6 Å². The van der Waals surface area contributed by atoms with Crippen molar-refractivity contribution in [3.8, 4) is 5.75 Å². The zero-order valence-electron chi connectivity index (χ0n) is 8.79. The van der Waals surface area contributed by atoms with Gasteiger partial charge in [-0.05, 0) is 24.3 Å². The average Bonchev–Trinajstić information content (AvgIpc) is 2.29. The maximum absolute atomic E-state index is 10.8. The average molecular weight is 230 g/mol. The predicted octanol–water partition coefficient (Wildman–Crippen LogP) is 2.23. The second-order valence-electron chi connectivity index (χ2n) is 3.41. The number of pyridine rings is 1. The molecule has 0 bridgehead atoms. The van der Waals surface area contributed by atoms with Crippen molar-refractivity contribution < 1.29 is 15.0 Å². The molecule has 1 aromatic carbocycles. The van der Waals surface area contributed by atoms with E-state index < -0.39 is 5.97 Å². The fraction of sp³-hybridized carbons (Fsp3) is 0. The minimum Gasteiger partial charge on any atom is -0.508 e. The molecule has 0 atom stereocenters. The lowest BCUT2D eigenvalue weighted by Gasteiger charge is -2.06. The van der Waals surface area contributed by atoms with Crippen LogP contribution in [0.3, 0.4) is 0 Å². The largest absolute Gasteiger partial charge is 0.508 e. The van der Waals surface area contributed by atoms with Crippen molar-refractivity contribution in [3.63, 3.8) is 0 Å². The fourth-order valence-corrected chi connectivity index (χ4v) is 1.37. The van der Waals surface area contributed by atoms with Crippen LogP contribution in [0.25, 0.3) is 0 Å². The molecule has 0 aliphatic heterocycles.